The number of rotatable bonds is 4. The predicted octanol–water partition coefficient (Wildman–Crippen LogP) is 12.8. The zero-order chi connectivity index (χ0) is 45.2. The van der Waals surface area contributed by atoms with E-state index in [9.17, 15) is 0 Å². The van der Waals surface area contributed by atoms with Crippen LogP contribution in [0.15, 0.2) is 209 Å². The summed E-state index contributed by atoms with van der Waals surface area (Å²) in [5.41, 5.74) is 19.3. The molecule has 0 unspecified atom stereocenters. The van der Waals surface area contributed by atoms with E-state index in [1.165, 1.54) is 116 Å². The molecule has 0 aromatic heterocycles. The Bertz CT molecular complexity index is 3480. The lowest BCUT2D eigenvalue weighted by molar-refractivity contribution is 0.480. The third-order valence-electron chi connectivity index (χ3n) is 15.4. The molecule has 15 rings (SSSR count). The first kappa shape index (κ1) is 40.0. The maximum Gasteiger partial charge on any atom is 0.247 e. The van der Waals surface area contributed by atoms with Gasteiger partial charge in [-0.3, -0.25) is 0 Å². The van der Waals surface area contributed by atoms with Crippen molar-refractivity contribution in [2.45, 2.75) is 77.7 Å². The number of fused-ring (bicyclic) bond motifs is 16. The van der Waals surface area contributed by atoms with Crippen LogP contribution in [0.1, 0.15) is 49.9 Å². The molecule has 4 aliphatic heterocycles. The van der Waals surface area contributed by atoms with E-state index in [1.54, 1.807) is 0 Å². The molecule has 6 aliphatic rings. The minimum Gasteiger partial charge on any atom is -0.457 e. The second-order valence-electron chi connectivity index (χ2n) is 19.9. The van der Waals surface area contributed by atoms with Crippen LogP contribution in [0.3, 0.4) is 0 Å². The minimum atomic E-state index is -0.0960. The molecule has 9 aromatic rings. The Morgan fingerprint density at radius 3 is 1.18 bits per heavy atom. The van der Waals surface area contributed by atoms with Crippen molar-refractivity contribution in [2.24, 2.45) is 0 Å². The highest BCUT2D eigenvalue weighted by atomic mass is 32.2. The fourth-order valence-corrected chi connectivity index (χ4v) is 17.7. The summed E-state index contributed by atoms with van der Waals surface area (Å²) in [5.74, 6) is 3.44. The highest BCUT2D eigenvalue weighted by molar-refractivity contribution is 8.02. The standard InChI is InChI=1S/C60H40B2O2S4/c1-59(2)39-21-13-11-19-37(39)53-41(59)23-25-43-57(53)67-51-29-35(63-33-15-7-5-8-16-33)27-49-55(51)61(43)45-31-46-48(32-47(45)65-49)66-50-28-36(64-34-17-9-6-10-18-34)30-52-56(50)62(46)44-26-24-42-54(58(44)68-52)38-20-12-14-22-40(38)60(42,3)4/h5-32H,1-4H3. The summed E-state index contributed by atoms with van der Waals surface area (Å²) >= 11 is 7.69. The van der Waals surface area contributed by atoms with Gasteiger partial charge in [-0.2, -0.15) is 0 Å². The number of benzene rings is 9. The largest absolute Gasteiger partial charge is 0.457 e. The van der Waals surface area contributed by atoms with Gasteiger partial charge in [0, 0.05) is 50.0 Å². The van der Waals surface area contributed by atoms with Gasteiger partial charge in [0.1, 0.15) is 23.0 Å². The third kappa shape index (κ3) is 5.57. The zero-order valence-corrected chi connectivity index (χ0v) is 41.0. The van der Waals surface area contributed by atoms with E-state index in [4.69, 9.17) is 9.47 Å². The quantitative estimate of drug-likeness (QED) is 0.163. The van der Waals surface area contributed by atoms with Crippen LogP contribution in [-0.2, 0) is 10.8 Å². The summed E-state index contributed by atoms with van der Waals surface area (Å²) in [5, 5.41) is 0. The molecule has 2 aliphatic carbocycles. The highest BCUT2D eigenvalue weighted by Gasteiger charge is 2.47. The van der Waals surface area contributed by atoms with Gasteiger partial charge in [-0.05, 0) is 110 Å². The van der Waals surface area contributed by atoms with E-state index < -0.39 is 0 Å². The van der Waals surface area contributed by atoms with Gasteiger partial charge < -0.3 is 9.47 Å². The molecule has 0 atom stereocenters. The van der Waals surface area contributed by atoms with Crippen LogP contribution in [0.25, 0.3) is 22.3 Å². The molecule has 68 heavy (non-hydrogen) atoms. The highest BCUT2D eigenvalue weighted by Crippen LogP contribution is 2.56. The summed E-state index contributed by atoms with van der Waals surface area (Å²) in [6.07, 6.45) is 0. The van der Waals surface area contributed by atoms with Crippen molar-refractivity contribution in [3.05, 3.63) is 192 Å². The van der Waals surface area contributed by atoms with Gasteiger partial charge in [-0.25, -0.2) is 0 Å². The SMILES string of the molecule is CC1(C)c2ccccc2-c2c1ccc1c2Sc2cc(Oc3ccccc3)cc3c2B1c1cc2c(cc1S3)Sc1cc(Oc3ccccc3)cc3c1B2c1ccc2c(c1S3)-c1ccccc1C2(C)C. The van der Waals surface area contributed by atoms with Crippen LogP contribution < -0.4 is 42.3 Å². The molecule has 4 heterocycles. The molecular weight excluding hydrogens is 903 g/mol. The van der Waals surface area contributed by atoms with Crippen molar-refractivity contribution in [3.63, 3.8) is 0 Å². The van der Waals surface area contributed by atoms with E-state index in [2.05, 4.69) is 137 Å². The number of para-hydroxylation sites is 2. The number of hydrogen-bond acceptors (Lipinski definition) is 6. The van der Waals surface area contributed by atoms with Gasteiger partial charge in [0.15, 0.2) is 0 Å². The Morgan fingerprint density at radius 2 is 0.735 bits per heavy atom. The van der Waals surface area contributed by atoms with Gasteiger partial charge in [0.2, 0.25) is 13.4 Å². The van der Waals surface area contributed by atoms with Crippen molar-refractivity contribution in [3.8, 4) is 45.3 Å². The molecule has 0 saturated heterocycles. The molecule has 0 N–H and O–H groups in total. The van der Waals surface area contributed by atoms with Crippen LogP contribution in [0.5, 0.6) is 23.0 Å². The van der Waals surface area contributed by atoms with Crippen molar-refractivity contribution in [1.82, 2.24) is 0 Å². The van der Waals surface area contributed by atoms with Gasteiger partial charge in [-0.1, -0.05) is 212 Å². The lowest BCUT2D eigenvalue weighted by Crippen LogP contribution is -2.62. The van der Waals surface area contributed by atoms with Crippen LogP contribution in [0, 0.1) is 0 Å². The first-order valence-electron chi connectivity index (χ1n) is 23.4. The van der Waals surface area contributed by atoms with Gasteiger partial charge in [-0.15, -0.1) is 0 Å². The first-order chi connectivity index (χ1) is 33.2. The zero-order valence-electron chi connectivity index (χ0n) is 37.8. The first-order valence-corrected chi connectivity index (χ1v) is 26.7. The molecular formula is C60H40B2O2S4. The van der Waals surface area contributed by atoms with Crippen molar-refractivity contribution >= 4 is 93.2 Å². The Kier molecular flexibility index (Phi) is 8.44. The minimum absolute atomic E-state index is 0.0578. The van der Waals surface area contributed by atoms with Crippen molar-refractivity contribution < 1.29 is 9.47 Å². The molecule has 0 spiro atoms. The Labute approximate surface area is 414 Å². The fraction of sp³-hybridized carbons (Fsp3) is 0.100. The van der Waals surface area contributed by atoms with Crippen molar-refractivity contribution in [1.29, 1.82) is 0 Å². The number of hydrogen-bond donors (Lipinski definition) is 0. The summed E-state index contributed by atoms with van der Waals surface area (Å²) in [4.78, 5) is 10.5. The Hall–Kier alpha value is -5.89. The van der Waals surface area contributed by atoms with E-state index in [0.29, 0.717) is 0 Å². The normalized spacial score (nSPS) is 15.9. The van der Waals surface area contributed by atoms with E-state index >= 15 is 0 Å². The Morgan fingerprint density at radius 1 is 0.338 bits per heavy atom. The van der Waals surface area contributed by atoms with Gasteiger partial charge in [0.25, 0.3) is 0 Å². The third-order valence-corrected chi connectivity index (χ3v) is 20.1. The maximum atomic E-state index is 6.69. The van der Waals surface area contributed by atoms with Crippen molar-refractivity contribution in [2.75, 3.05) is 0 Å². The summed E-state index contributed by atoms with van der Waals surface area (Å²) in [7, 11) is 0. The predicted molar refractivity (Wildman–Crippen MR) is 286 cm³/mol. The molecule has 9 aromatic carbocycles. The van der Waals surface area contributed by atoms with Crippen LogP contribution >= 0.6 is 47.0 Å². The van der Waals surface area contributed by atoms with Crippen LogP contribution in [-0.4, -0.2) is 13.4 Å². The molecule has 2 nitrogen and oxygen atoms in total. The van der Waals surface area contributed by atoms with Crippen LogP contribution in [0.2, 0.25) is 0 Å². The summed E-state index contributed by atoms with van der Waals surface area (Å²) in [6.45, 7) is 9.69. The molecule has 0 saturated carbocycles. The van der Waals surface area contributed by atoms with E-state index in [0.717, 1.165) is 23.0 Å². The van der Waals surface area contributed by atoms with E-state index in [-0.39, 0.29) is 24.3 Å². The Balaban J connectivity index is 0.963. The lowest BCUT2D eigenvalue weighted by atomic mass is 9.33. The second kappa shape index (κ2) is 14.3. The lowest BCUT2D eigenvalue weighted by Gasteiger charge is -2.38. The average molecular weight is 943 g/mol. The average Bonchev–Trinajstić information content (AvgIpc) is 3.73. The fourth-order valence-electron chi connectivity index (χ4n) is 12.3. The van der Waals surface area contributed by atoms with Gasteiger partial charge >= 0.3 is 0 Å². The monoisotopic (exact) mass is 942 g/mol. The topological polar surface area (TPSA) is 18.5 Å². The molecule has 322 valence electrons. The molecule has 0 fully saturated rings. The molecule has 0 bridgehead atoms. The van der Waals surface area contributed by atoms with Gasteiger partial charge in [0.05, 0.1) is 0 Å². The molecule has 0 radical (unpaired) electrons. The summed E-state index contributed by atoms with van der Waals surface area (Å²) in [6, 6.07) is 62.8. The summed E-state index contributed by atoms with van der Waals surface area (Å²) < 4.78 is 13.4. The van der Waals surface area contributed by atoms with Crippen LogP contribution in [0.4, 0.5) is 0 Å². The molecule has 0 amide bonds. The number of ether oxygens (including phenoxy) is 2. The maximum absolute atomic E-state index is 6.69. The van der Waals surface area contributed by atoms with E-state index in [1.807, 2.05) is 108 Å². The molecule has 8 heteroatoms. The smallest absolute Gasteiger partial charge is 0.247 e. The second-order valence-corrected chi connectivity index (χ2v) is 24.1.